The molecule has 1 aromatic heterocycles. The van der Waals surface area contributed by atoms with E-state index < -0.39 is 0 Å². The van der Waals surface area contributed by atoms with Gasteiger partial charge >= 0.3 is 0 Å². The minimum atomic E-state index is -0.278. The van der Waals surface area contributed by atoms with Crippen molar-refractivity contribution in [2.45, 2.75) is 26.2 Å². The Labute approximate surface area is 156 Å². The number of nitrogens with zero attached hydrogens (tertiary/aromatic N) is 2. The van der Waals surface area contributed by atoms with Crippen molar-refractivity contribution in [3.63, 3.8) is 0 Å². The van der Waals surface area contributed by atoms with E-state index in [1.54, 1.807) is 24.3 Å². The number of thiazole rings is 1. The lowest BCUT2D eigenvalue weighted by Crippen LogP contribution is -2.38. The van der Waals surface area contributed by atoms with Gasteiger partial charge in [-0.25, -0.2) is 9.37 Å². The summed E-state index contributed by atoms with van der Waals surface area (Å²) in [5, 5.41) is 4.33. The van der Waals surface area contributed by atoms with Crippen LogP contribution in [0.2, 0.25) is 0 Å². The van der Waals surface area contributed by atoms with Crippen LogP contribution in [0.3, 0.4) is 0 Å². The molecule has 2 aliphatic heterocycles. The number of aromatic nitrogens is 1. The Morgan fingerprint density at radius 1 is 1.42 bits per heavy atom. The van der Waals surface area contributed by atoms with Crippen molar-refractivity contribution >= 4 is 22.4 Å². The number of likely N-dealkylation sites (tertiary alicyclic amines) is 1. The first kappa shape index (κ1) is 17.3. The average Bonchev–Trinajstić information content (AvgIpc) is 2.97. The summed E-state index contributed by atoms with van der Waals surface area (Å²) in [6.07, 6.45) is 2.81. The molecule has 0 saturated carbocycles. The molecule has 0 radical (unpaired) electrons. The van der Waals surface area contributed by atoms with E-state index in [0.717, 1.165) is 60.2 Å². The second kappa shape index (κ2) is 7.23. The third-order valence-electron chi connectivity index (χ3n) is 5.08. The Morgan fingerprint density at radius 2 is 2.23 bits per heavy atom. The lowest BCUT2D eigenvalue weighted by molar-refractivity contribution is -0.130. The van der Waals surface area contributed by atoms with Crippen LogP contribution in [0.15, 0.2) is 18.2 Å². The van der Waals surface area contributed by atoms with Crippen LogP contribution in [0.25, 0.3) is 11.3 Å². The minimum absolute atomic E-state index is 0.160. The van der Waals surface area contributed by atoms with Crippen molar-refractivity contribution in [3.8, 4) is 17.0 Å². The van der Waals surface area contributed by atoms with Crippen LogP contribution in [0, 0.1) is 11.7 Å². The lowest BCUT2D eigenvalue weighted by atomic mass is 9.97. The number of hydrogen-bond acceptors (Lipinski definition) is 5. The Bertz CT molecular complexity index is 815. The Balaban J connectivity index is 1.45. The van der Waals surface area contributed by atoms with E-state index in [1.807, 2.05) is 4.90 Å². The largest absolute Gasteiger partial charge is 0.493 e. The van der Waals surface area contributed by atoms with Gasteiger partial charge in [-0.2, -0.15) is 0 Å². The lowest BCUT2D eigenvalue weighted by Gasteiger charge is -2.31. The van der Waals surface area contributed by atoms with Gasteiger partial charge in [0.25, 0.3) is 0 Å². The molecule has 2 aromatic rings. The van der Waals surface area contributed by atoms with E-state index in [0.29, 0.717) is 18.3 Å². The molecule has 4 rings (SSSR count). The van der Waals surface area contributed by atoms with Crippen LogP contribution in [0.4, 0.5) is 9.52 Å². The maximum Gasteiger partial charge on any atom is 0.219 e. The van der Waals surface area contributed by atoms with E-state index in [4.69, 9.17) is 9.72 Å². The maximum absolute atomic E-state index is 13.7. The minimum Gasteiger partial charge on any atom is -0.493 e. The van der Waals surface area contributed by atoms with Crippen LogP contribution in [-0.2, 0) is 11.2 Å². The molecule has 3 heterocycles. The predicted octanol–water partition coefficient (Wildman–Crippen LogP) is 3.55. The summed E-state index contributed by atoms with van der Waals surface area (Å²) in [7, 11) is 0. The molecule has 138 valence electrons. The van der Waals surface area contributed by atoms with Crippen LogP contribution in [-0.4, -0.2) is 42.0 Å². The van der Waals surface area contributed by atoms with Crippen molar-refractivity contribution in [1.29, 1.82) is 0 Å². The third-order valence-corrected chi connectivity index (χ3v) is 6.16. The highest BCUT2D eigenvalue weighted by atomic mass is 32.1. The zero-order chi connectivity index (χ0) is 18.1. The van der Waals surface area contributed by atoms with Gasteiger partial charge in [-0.3, -0.25) is 4.79 Å². The highest BCUT2D eigenvalue weighted by molar-refractivity contribution is 7.16. The molecule has 7 heteroatoms. The first-order valence-corrected chi connectivity index (χ1v) is 9.83. The van der Waals surface area contributed by atoms with Gasteiger partial charge in [-0.1, -0.05) is 0 Å². The van der Waals surface area contributed by atoms with Crippen molar-refractivity contribution in [1.82, 2.24) is 9.88 Å². The normalized spacial score (nSPS) is 17.1. The molecule has 2 aliphatic rings. The quantitative estimate of drug-likeness (QED) is 0.891. The summed E-state index contributed by atoms with van der Waals surface area (Å²) in [4.78, 5) is 19.2. The number of benzene rings is 1. The Morgan fingerprint density at radius 3 is 3.00 bits per heavy atom. The molecule has 1 aromatic carbocycles. The molecule has 1 N–H and O–H groups in total. The molecule has 0 aliphatic carbocycles. The van der Waals surface area contributed by atoms with Crippen molar-refractivity contribution in [3.05, 3.63) is 28.9 Å². The topological polar surface area (TPSA) is 54.5 Å². The highest BCUT2D eigenvalue weighted by Gasteiger charge is 2.23. The number of rotatable bonds is 3. The molecule has 0 bridgehead atoms. The zero-order valence-electron chi connectivity index (χ0n) is 14.8. The monoisotopic (exact) mass is 375 g/mol. The van der Waals surface area contributed by atoms with Crippen LogP contribution in [0.5, 0.6) is 5.75 Å². The summed E-state index contributed by atoms with van der Waals surface area (Å²) in [5.74, 6) is 1.12. The maximum atomic E-state index is 13.7. The van der Waals surface area contributed by atoms with Crippen molar-refractivity contribution in [2.24, 2.45) is 5.92 Å². The number of hydrogen-bond donors (Lipinski definition) is 1. The molecular formula is C19H22FN3O2S. The standard InChI is InChI=1S/C19H22FN3O2S/c1-12(24)23-7-4-13(5-8-23)11-21-19-22-18-15-10-14(20)2-3-16(15)25-9-6-17(18)26-19/h2-3,10,13H,4-9,11H2,1H3,(H,21,22). The van der Waals surface area contributed by atoms with Gasteiger partial charge in [0.1, 0.15) is 11.6 Å². The average molecular weight is 375 g/mol. The van der Waals surface area contributed by atoms with Crippen molar-refractivity contribution < 1.29 is 13.9 Å². The Hall–Kier alpha value is -2.15. The summed E-state index contributed by atoms with van der Waals surface area (Å²) >= 11 is 1.62. The molecule has 1 saturated heterocycles. The number of fused-ring (bicyclic) bond motifs is 3. The first-order valence-electron chi connectivity index (χ1n) is 9.02. The first-order chi connectivity index (χ1) is 12.6. The second-order valence-corrected chi connectivity index (χ2v) is 7.94. The molecule has 5 nitrogen and oxygen atoms in total. The van der Waals surface area contributed by atoms with Crippen LogP contribution < -0.4 is 10.1 Å². The fourth-order valence-corrected chi connectivity index (χ4v) is 4.52. The van der Waals surface area contributed by atoms with E-state index in [-0.39, 0.29) is 11.7 Å². The van der Waals surface area contributed by atoms with Crippen LogP contribution >= 0.6 is 11.3 Å². The van der Waals surface area contributed by atoms with Gasteiger partial charge < -0.3 is 15.0 Å². The summed E-state index contributed by atoms with van der Waals surface area (Å²) in [5.41, 5.74) is 1.56. The number of piperidine rings is 1. The fraction of sp³-hybridized carbons (Fsp3) is 0.474. The summed E-state index contributed by atoms with van der Waals surface area (Å²) in [6.45, 7) is 4.73. The highest BCUT2D eigenvalue weighted by Crippen LogP contribution is 2.39. The summed E-state index contributed by atoms with van der Waals surface area (Å²) < 4.78 is 19.4. The van der Waals surface area contributed by atoms with Gasteiger partial charge in [0.15, 0.2) is 5.13 Å². The second-order valence-electron chi connectivity index (χ2n) is 6.86. The Kier molecular flexibility index (Phi) is 4.80. The number of amides is 1. The smallest absolute Gasteiger partial charge is 0.219 e. The van der Waals surface area contributed by atoms with Gasteiger partial charge in [-0.05, 0) is 37.0 Å². The molecular weight excluding hydrogens is 353 g/mol. The molecule has 1 amide bonds. The van der Waals surface area contributed by atoms with Gasteiger partial charge in [0, 0.05) is 43.4 Å². The zero-order valence-corrected chi connectivity index (χ0v) is 15.6. The number of nitrogens with one attached hydrogen (secondary N) is 1. The number of anilines is 1. The number of ether oxygens (including phenoxy) is 1. The predicted molar refractivity (Wildman–Crippen MR) is 100 cm³/mol. The molecule has 0 atom stereocenters. The number of carbonyl (C=O) groups excluding carboxylic acids is 1. The third kappa shape index (κ3) is 3.53. The van der Waals surface area contributed by atoms with Gasteiger partial charge in [0.05, 0.1) is 12.3 Å². The van der Waals surface area contributed by atoms with Gasteiger partial charge in [-0.15, -0.1) is 11.3 Å². The molecule has 0 spiro atoms. The van der Waals surface area contributed by atoms with Gasteiger partial charge in [0.2, 0.25) is 5.91 Å². The van der Waals surface area contributed by atoms with E-state index in [1.165, 1.54) is 12.1 Å². The SMILES string of the molecule is CC(=O)N1CCC(CNc2nc3c(s2)CCOc2ccc(F)cc2-3)CC1. The molecule has 0 unspecified atom stereocenters. The number of carbonyl (C=O) groups is 1. The van der Waals surface area contributed by atoms with Crippen molar-refractivity contribution in [2.75, 3.05) is 31.6 Å². The fourth-order valence-electron chi connectivity index (χ4n) is 3.56. The van der Waals surface area contributed by atoms with E-state index in [9.17, 15) is 9.18 Å². The molecule has 26 heavy (non-hydrogen) atoms. The van der Waals surface area contributed by atoms with Crippen LogP contribution in [0.1, 0.15) is 24.6 Å². The van der Waals surface area contributed by atoms with E-state index >= 15 is 0 Å². The van der Waals surface area contributed by atoms with E-state index in [2.05, 4.69) is 5.32 Å². The molecule has 1 fully saturated rings. The number of halogens is 1. The summed E-state index contributed by atoms with van der Waals surface area (Å²) in [6, 6.07) is 4.60.